The Morgan fingerprint density at radius 3 is 2.95 bits per heavy atom. The van der Waals surface area contributed by atoms with Gasteiger partial charge in [-0.1, -0.05) is 38.1 Å². The van der Waals surface area contributed by atoms with Crippen LogP contribution in [0.2, 0.25) is 0 Å². The van der Waals surface area contributed by atoms with Gasteiger partial charge >= 0.3 is 0 Å². The minimum Gasteiger partial charge on any atom is -0.373 e. The van der Waals surface area contributed by atoms with Crippen LogP contribution in [0.1, 0.15) is 43.9 Å². The zero-order valence-corrected chi connectivity index (χ0v) is 13.0. The van der Waals surface area contributed by atoms with E-state index in [1.54, 1.807) is 0 Å². The molecule has 0 spiro atoms. The first kappa shape index (κ1) is 14.7. The molecule has 1 fully saturated rings. The van der Waals surface area contributed by atoms with Crippen LogP contribution in [0.15, 0.2) is 24.3 Å². The number of carbonyl (C=O) groups is 1. The van der Waals surface area contributed by atoms with E-state index in [1.165, 1.54) is 11.1 Å². The average molecular weight is 287 g/mol. The van der Waals surface area contributed by atoms with E-state index in [-0.39, 0.29) is 11.5 Å². The molecule has 2 atom stereocenters. The third kappa shape index (κ3) is 2.65. The highest BCUT2D eigenvalue weighted by Crippen LogP contribution is 2.39. The molecule has 2 heterocycles. The van der Waals surface area contributed by atoms with Crippen LogP contribution < -0.4 is 5.32 Å². The highest BCUT2D eigenvalue weighted by atomic mass is 16.5. The number of Topliss-reactive ketones (excluding diaryl/α,β-unsaturated/α-hetero) is 1. The van der Waals surface area contributed by atoms with Crippen molar-refractivity contribution < 1.29 is 9.53 Å². The fraction of sp³-hybridized carbons (Fsp3) is 0.611. The molecule has 1 aromatic rings. The summed E-state index contributed by atoms with van der Waals surface area (Å²) in [6.45, 7) is 6.83. The van der Waals surface area contributed by atoms with Gasteiger partial charge in [-0.2, -0.15) is 0 Å². The van der Waals surface area contributed by atoms with Crippen molar-refractivity contribution in [2.24, 2.45) is 11.3 Å². The Hall–Kier alpha value is -1.19. The van der Waals surface area contributed by atoms with Crippen LogP contribution in [0.4, 0.5) is 0 Å². The maximum Gasteiger partial charge on any atom is 0.143 e. The van der Waals surface area contributed by atoms with Gasteiger partial charge in [-0.05, 0) is 36.4 Å². The van der Waals surface area contributed by atoms with Crippen molar-refractivity contribution in [3.05, 3.63) is 35.4 Å². The summed E-state index contributed by atoms with van der Waals surface area (Å²) < 4.78 is 5.92. The van der Waals surface area contributed by atoms with Crippen LogP contribution >= 0.6 is 0 Å². The average Bonchev–Trinajstić information content (AvgIpc) is 2.98. The number of hydrogen-bond acceptors (Lipinski definition) is 3. The Morgan fingerprint density at radius 1 is 1.43 bits per heavy atom. The van der Waals surface area contributed by atoms with Gasteiger partial charge in [-0.3, -0.25) is 4.79 Å². The highest BCUT2D eigenvalue weighted by Gasteiger charge is 2.44. The van der Waals surface area contributed by atoms with E-state index in [1.807, 2.05) is 6.07 Å². The van der Waals surface area contributed by atoms with Crippen LogP contribution in [0, 0.1) is 11.3 Å². The lowest BCUT2D eigenvalue weighted by Crippen LogP contribution is -2.39. The summed E-state index contributed by atoms with van der Waals surface area (Å²) in [5.74, 6) is 0.739. The number of nitrogens with one attached hydrogen (secondary N) is 1. The molecule has 0 radical (unpaired) electrons. The maximum atomic E-state index is 13.0. The summed E-state index contributed by atoms with van der Waals surface area (Å²) in [4.78, 5) is 13.0. The molecular weight excluding hydrogens is 262 g/mol. The number of benzene rings is 1. The van der Waals surface area contributed by atoms with Gasteiger partial charge < -0.3 is 10.1 Å². The zero-order valence-electron chi connectivity index (χ0n) is 13.0. The number of rotatable bonds is 4. The van der Waals surface area contributed by atoms with Crippen molar-refractivity contribution in [2.75, 3.05) is 19.7 Å². The SMILES string of the molecule is CC(C)C1(C(=O)CC2OCCc3ccccc32)CCNC1. The van der Waals surface area contributed by atoms with E-state index < -0.39 is 0 Å². The molecule has 0 bridgehead atoms. The molecule has 2 unspecified atom stereocenters. The minimum atomic E-state index is -0.199. The third-order valence-electron chi connectivity index (χ3n) is 5.31. The van der Waals surface area contributed by atoms with E-state index in [9.17, 15) is 4.79 Å². The van der Waals surface area contributed by atoms with Crippen LogP contribution in [0.5, 0.6) is 0 Å². The summed E-state index contributed by atoms with van der Waals surface area (Å²) in [6, 6.07) is 8.38. The molecule has 1 aromatic carbocycles. The van der Waals surface area contributed by atoms with E-state index in [2.05, 4.69) is 37.4 Å². The summed E-state index contributed by atoms with van der Waals surface area (Å²) >= 11 is 0. The number of hydrogen-bond donors (Lipinski definition) is 1. The van der Waals surface area contributed by atoms with Crippen molar-refractivity contribution in [3.8, 4) is 0 Å². The van der Waals surface area contributed by atoms with E-state index in [0.717, 1.165) is 32.5 Å². The molecule has 21 heavy (non-hydrogen) atoms. The van der Waals surface area contributed by atoms with Crippen LogP contribution in [-0.4, -0.2) is 25.5 Å². The molecule has 2 aliphatic rings. The molecule has 0 aromatic heterocycles. The maximum absolute atomic E-state index is 13.0. The summed E-state index contributed by atoms with van der Waals surface area (Å²) in [7, 11) is 0. The van der Waals surface area contributed by atoms with Gasteiger partial charge in [0.05, 0.1) is 12.7 Å². The first-order valence-electron chi connectivity index (χ1n) is 8.07. The molecular formula is C18H25NO2. The van der Waals surface area contributed by atoms with Crippen molar-refractivity contribution in [3.63, 3.8) is 0 Å². The lowest BCUT2D eigenvalue weighted by molar-refractivity contribution is -0.133. The normalized spacial score (nSPS) is 28.6. The van der Waals surface area contributed by atoms with Crippen molar-refractivity contribution >= 4 is 5.78 Å². The third-order valence-corrected chi connectivity index (χ3v) is 5.31. The largest absolute Gasteiger partial charge is 0.373 e. The Morgan fingerprint density at radius 2 is 2.24 bits per heavy atom. The van der Waals surface area contributed by atoms with E-state index in [4.69, 9.17) is 4.74 Å². The van der Waals surface area contributed by atoms with Gasteiger partial charge in [0.1, 0.15) is 5.78 Å². The predicted octanol–water partition coefficient (Wildman–Crippen LogP) is 2.90. The van der Waals surface area contributed by atoms with Crippen LogP contribution in [0.25, 0.3) is 0 Å². The Labute approximate surface area is 127 Å². The standard InChI is InChI=1S/C18H25NO2/c1-13(2)18(8-9-19-12-18)17(20)11-16-15-6-4-3-5-14(15)7-10-21-16/h3-6,13,16,19H,7-12H2,1-2H3. The number of carbonyl (C=O) groups excluding carboxylic acids is 1. The van der Waals surface area contributed by atoms with Gasteiger partial charge in [0.2, 0.25) is 0 Å². The van der Waals surface area contributed by atoms with Gasteiger partial charge in [0.25, 0.3) is 0 Å². The van der Waals surface area contributed by atoms with Gasteiger partial charge in [-0.15, -0.1) is 0 Å². The second-order valence-corrected chi connectivity index (χ2v) is 6.67. The Bertz CT molecular complexity index is 518. The monoisotopic (exact) mass is 287 g/mol. The molecule has 1 saturated heterocycles. The molecule has 114 valence electrons. The molecule has 3 rings (SSSR count). The van der Waals surface area contributed by atoms with Gasteiger partial charge in [-0.25, -0.2) is 0 Å². The lowest BCUT2D eigenvalue weighted by atomic mass is 9.71. The summed E-state index contributed by atoms with van der Waals surface area (Å²) in [6.07, 6.45) is 2.37. The fourth-order valence-electron chi connectivity index (χ4n) is 3.78. The van der Waals surface area contributed by atoms with Crippen LogP contribution in [-0.2, 0) is 16.0 Å². The van der Waals surface area contributed by atoms with Crippen molar-refractivity contribution in [1.82, 2.24) is 5.32 Å². The van der Waals surface area contributed by atoms with Gasteiger partial charge in [0.15, 0.2) is 0 Å². The van der Waals surface area contributed by atoms with Gasteiger partial charge in [0, 0.05) is 18.4 Å². The summed E-state index contributed by atoms with van der Waals surface area (Å²) in [5.41, 5.74) is 2.35. The lowest BCUT2D eigenvalue weighted by Gasteiger charge is -2.34. The highest BCUT2D eigenvalue weighted by molar-refractivity contribution is 5.86. The molecule has 0 aliphatic carbocycles. The fourth-order valence-corrected chi connectivity index (χ4v) is 3.78. The van der Waals surface area contributed by atoms with E-state index >= 15 is 0 Å². The second kappa shape index (κ2) is 5.90. The quantitative estimate of drug-likeness (QED) is 0.925. The number of fused-ring (bicyclic) bond motifs is 1. The molecule has 2 aliphatic heterocycles. The molecule has 1 N–H and O–H groups in total. The number of ketones is 1. The molecule has 0 amide bonds. The first-order valence-corrected chi connectivity index (χ1v) is 8.07. The summed E-state index contributed by atoms with van der Waals surface area (Å²) in [5, 5.41) is 3.37. The first-order chi connectivity index (χ1) is 10.1. The molecule has 0 saturated carbocycles. The predicted molar refractivity (Wildman–Crippen MR) is 83.2 cm³/mol. The van der Waals surface area contributed by atoms with Crippen molar-refractivity contribution in [2.45, 2.75) is 39.2 Å². The Balaban J connectivity index is 1.79. The molecule has 3 heteroatoms. The second-order valence-electron chi connectivity index (χ2n) is 6.67. The smallest absolute Gasteiger partial charge is 0.143 e. The van der Waals surface area contributed by atoms with Crippen LogP contribution in [0.3, 0.4) is 0 Å². The van der Waals surface area contributed by atoms with Crippen molar-refractivity contribution in [1.29, 1.82) is 0 Å². The Kier molecular flexibility index (Phi) is 4.14. The number of ether oxygens (including phenoxy) is 1. The minimum absolute atomic E-state index is 0.0568. The molecule has 3 nitrogen and oxygen atoms in total. The van der Waals surface area contributed by atoms with E-state index in [0.29, 0.717) is 18.1 Å². The zero-order chi connectivity index (χ0) is 14.9. The topological polar surface area (TPSA) is 38.3 Å².